The Morgan fingerprint density at radius 2 is 2.07 bits per heavy atom. The van der Waals surface area contributed by atoms with E-state index in [9.17, 15) is 4.79 Å². The minimum Gasteiger partial charge on any atom is -0.269 e. The Balaban J connectivity index is 1.54. The van der Waals surface area contributed by atoms with Gasteiger partial charge in [-0.25, -0.2) is 15.0 Å². The van der Waals surface area contributed by atoms with Gasteiger partial charge in [-0.15, -0.1) is 11.3 Å². The lowest BCUT2D eigenvalue weighted by molar-refractivity contribution is 0.914. The van der Waals surface area contributed by atoms with Crippen LogP contribution in [0.5, 0.6) is 0 Å². The summed E-state index contributed by atoms with van der Waals surface area (Å²) in [5.74, 6) is 1.42. The first-order valence-electron chi connectivity index (χ1n) is 9.00. The van der Waals surface area contributed by atoms with Crippen molar-refractivity contribution in [1.82, 2.24) is 19.4 Å². The van der Waals surface area contributed by atoms with Crippen LogP contribution >= 0.6 is 23.1 Å². The molecule has 0 radical (unpaired) electrons. The van der Waals surface area contributed by atoms with E-state index in [-0.39, 0.29) is 5.56 Å². The van der Waals surface area contributed by atoms with Gasteiger partial charge in [0, 0.05) is 27.8 Å². The molecule has 7 heteroatoms. The average Bonchev–Trinajstić information content (AvgIpc) is 3.20. The molecule has 0 N–H and O–H groups in total. The predicted molar refractivity (Wildman–Crippen MR) is 110 cm³/mol. The van der Waals surface area contributed by atoms with E-state index in [1.807, 2.05) is 43.4 Å². The van der Waals surface area contributed by atoms with Crippen LogP contribution in [0.15, 0.2) is 34.1 Å². The number of aryl methyl sites for hydroxylation is 4. The summed E-state index contributed by atoms with van der Waals surface area (Å²) in [6, 6.07) is 7.36. The van der Waals surface area contributed by atoms with Gasteiger partial charge < -0.3 is 0 Å². The molecule has 0 bridgehead atoms. The molecule has 0 unspecified atom stereocenters. The molecule has 0 atom stereocenters. The summed E-state index contributed by atoms with van der Waals surface area (Å²) in [5, 5.41) is 2.24. The molecule has 0 saturated heterocycles. The second kappa shape index (κ2) is 6.42. The Bertz CT molecular complexity index is 1260. The zero-order chi connectivity index (χ0) is 18.5. The highest BCUT2D eigenvalue weighted by atomic mass is 32.2. The lowest BCUT2D eigenvalue weighted by Gasteiger charge is -2.08. The summed E-state index contributed by atoms with van der Waals surface area (Å²) in [4.78, 5) is 29.1. The lowest BCUT2D eigenvalue weighted by atomic mass is 10.2. The van der Waals surface area contributed by atoms with Gasteiger partial charge in [-0.3, -0.25) is 9.20 Å². The number of pyridine rings is 1. The van der Waals surface area contributed by atoms with E-state index in [1.54, 1.807) is 22.2 Å². The molecule has 5 nitrogen and oxygen atoms in total. The average molecular weight is 395 g/mol. The molecule has 0 spiro atoms. The van der Waals surface area contributed by atoms with Crippen LogP contribution in [-0.2, 0) is 18.6 Å². The lowest BCUT2D eigenvalue weighted by Crippen LogP contribution is -2.17. The van der Waals surface area contributed by atoms with Crippen molar-refractivity contribution in [2.24, 2.45) is 0 Å². The first kappa shape index (κ1) is 16.9. The van der Waals surface area contributed by atoms with Crippen molar-refractivity contribution >= 4 is 39.0 Å². The molecule has 4 heterocycles. The van der Waals surface area contributed by atoms with Crippen LogP contribution in [0.3, 0.4) is 0 Å². The fraction of sp³-hybridized carbons (Fsp3) is 0.300. The van der Waals surface area contributed by atoms with Gasteiger partial charge in [-0.2, -0.15) is 0 Å². The predicted octanol–water partition coefficient (Wildman–Crippen LogP) is 4.10. The van der Waals surface area contributed by atoms with Crippen molar-refractivity contribution < 1.29 is 0 Å². The van der Waals surface area contributed by atoms with Gasteiger partial charge in [0.25, 0.3) is 5.56 Å². The van der Waals surface area contributed by atoms with E-state index < -0.39 is 0 Å². The topological polar surface area (TPSA) is 60.2 Å². The van der Waals surface area contributed by atoms with Crippen LogP contribution in [0, 0.1) is 13.8 Å². The summed E-state index contributed by atoms with van der Waals surface area (Å²) in [5.41, 5.74) is 3.77. The maximum atomic E-state index is 12.5. The standard InChI is InChI=1S/C20H18N4OS2/c1-11-5-3-8-16-23-13(9-17(25)24(11)16)10-26-19-18-14-6-4-7-15(14)27-20(18)22-12(2)21-19/h3,5,8-9H,4,6-7,10H2,1-2H3. The summed E-state index contributed by atoms with van der Waals surface area (Å²) in [7, 11) is 0. The monoisotopic (exact) mass is 394 g/mol. The van der Waals surface area contributed by atoms with Gasteiger partial charge in [0.1, 0.15) is 21.3 Å². The van der Waals surface area contributed by atoms with Crippen molar-refractivity contribution in [3.8, 4) is 0 Å². The molecule has 1 aliphatic carbocycles. The van der Waals surface area contributed by atoms with Crippen LogP contribution in [-0.4, -0.2) is 19.4 Å². The molecule has 0 aromatic carbocycles. The van der Waals surface area contributed by atoms with Gasteiger partial charge in [0.15, 0.2) is 0 Å². The minimum atomic E-state index is -0.0332. The number of rotatable bonds is 3. The van der Waals surface area contributed by atoms with E-state index in [0.29, 0.717) is 11.4 Å². The van der Waals surface area contributed by atoms with Crippen LogP contribution in [0.2, 0.25) is 0 Å². The molecule has 0 saturated carbocycles. The van der Waals surface area contributed by atoms with Crippen LogP contribution in [0.4, 0.5) is 0 Å². The number of thioether (sulfide) groups is 1. The van der Waals surface area contributed by atoms with Crippen molar-refractivity contribution in [3.63, 3.8) is 0 Å². The normalized spacial score (nSPS) is 13.6. The van der Waals surface area contributed by atoms with E-state index in [4.69, 9.17) is 4.98 Å². The van der Waals surface area contributed by atoms with Gasteiger partial charge in [0.2, 0.25) is 0 Å². The fourth-order valence-electron chi connectivity index (χ4n) is 3.75. The molecular formula is C20H18N4OS2. The summed E-state index contributed by atoms with van der Waals surface area (Å²) < 4.78 is 1.65. The molecule has 4 aromatic heterocycles. The first-order chi connectivity index (χ1) is 13.1. The van der Waals surface area contributed by atoms with Crippen LogP contribution < -0.4 is 5.56 Å². The largest absolute Gasteiger partial charge is 0.269 e. The highest BCUT2D eigenvalue weighted by Crippen LogP contribution is 2.40. The number of hydrogen-bond acceptors (Lipinski definition) is 6. The number of aromatic nitrogens is 4. The molecule has 0 amide bonds. The summed E-state index contributed by atoms with van der Waals surface area (Å²) >= 11 is 3.46. The van der Waals surface area contributed by atoms with Crippen LogP contribution in [0.25, 0.3) is 15.9 Å². The minimum absolute atomic E-state index is 0.0332. The van der Waals surface area contributed by atoms with E-state index in [0.717, 1.165) is 39.9 Å². The Morgan fingerprint density at radius 3 is 2.96 bits per heavy atom. The molecule has 27 heavy (non-hydrogen) atoms. The number of thiophene rings is 1. The molecule has 0 aliphatic heterocycles. The number of hydrogen-bond donors (Lipinski definition) is 0. The third kappa shape index (κ3) is 2.85. The summed E-state index contributed by atoms with van der Waals surface area (Å²) in [6.45, 7) is 3.86. The maximum Gasteiger partial charge on any atom is 0.258 e. The number of fused-ring (bicyclic) bond motifs is 4. The van der Waals surface area contributed by atoms with Gasteiger partial charge in [-0.05, 0) is 50.8 Å². The Labute approximate surface area is 164 Å². The number of nitrogens with zero attached hydrogens (tertiary/aromatic N) is 4. The van der Waals surface area contributed by atoms with Gasteiger partial charge >= 0.3 is 0 Å². The third-order valence-corrected chi connectivity index (χ3v) is 7.13. The SMILES string of the molecule is Cc1nc(SCc2cc(=O)n3c(C)cccc3n2)c2c3c(sc2n1)CCC3. The molecule has 136 valence electrons. The molecule has 5 rings (SSSR count). The van der Waals surface area contributed by atoms with Crippen molar-refractivity contribution in [1.29, 1.82) is 0 Å². The molecule has 1 aliphatic rings. The highest BCUT2D eigenvalue weighted by Gasteiger charge is 2.22. The maximum absolute atomic E-state index is 12.5. The highest BCUT2D eigenvalue weighted by molar-refractivity contribution is 7.98. The van der Waals surface area contributed by atoms with Gasteiger partial charge in [0.05, 0.1) is 5.69 Å². The molecule has 4 aromatic rings. The Kier molecular flexibility index (Phi) is 4.02. The third-order valence-electron chi connectivity index (χ3n) is 4.93. The van der Waals surface area contributed by atoms with Crippen molar-refractivity contribution in [2.45, 2.75) is 43.9 Å². The van der Waals surface area contributed by atoms with Crippen molar-refractivity contribution in [3.05, 3.63) is 62.3 Å². The summed E-state index contributed by atoms with van der Waals surface area (Å²) in [6.07, 6.45) is 3.49. The Morgan fingerprint density at radius 1 is 1.19 bits per heavy atom. The zero-order valence-corrected chi connectivity index (χ0v) is 16.8. The van der Waals surface area contributed by atoms with E-state index in [2.05, 4.69) is 9.97 Å². The smallest absolute Gasteiger partial charge is 0.258 e. The fourth-order valence-corrected chi connectivity index (χ4v) is 6.11. The molecular weight excluding hydrogens is 376 g/mol. The van der Waals surface area contributed by atoms with E-state index >= 15 is 0 Å². The quantitative estimate of drug-likeness (QED) is 0.387. The van der Waals surface area contributed by atoms with E-state index in [1.165, 1.54) is 22.2 Å². The van der Waals surface area contributed by atoms with Crippen LogP contribution in [0.1, 0.15) is 34.1 Å². The zero-order valence-electron chi connectivity index (χ0n) is 15.2. The molecule has 0 fully saturated rings. The second-order valence-corrected chi connectivity index (χ2v) is 8.90. The van der Waals surface area contributed by atoms with Crippen molar-refractivity contribution in [2.75, 3.05) is 0 Å². The Hall–Kier alpha value is -2.25. The first-order valence-corrected chi connectivity index (χ1v) is 10.8. The van der Waals surface area contributed by atoms with Gasteiger partial charge in [-0.1, -0.05) is 17.8 Å². The second-order valence-electron chi connectivity index (χ2n) is 6.85.